The van der Waals surface area contributed by atoms with Gasteiger partial charge in [0.1, 0.15) is 11.6 Å². The molecule has 25 heavy (non-hydrogen) atoms. The van der Waals surface area contributed by atoms with Gasteiger partial charge in [0.05, 0.1) is 6.10 Å². The molecule has 136 valence electrons. The van der Waals surface area contributed by atoms with Crippen LogP contribution in [0.3, 0.4) is 0 Å². The molecule has 0 aliphatic carbocycles. The molecule has 6 heteroatoms. The van der Waals surface area contributed by atoms with Crippen molar-refractivity contribution >= 4 is 12.4 Å². The van der Waals surface area contributed by atoms with E-state index in [1.54, 1.807) is 24.3 Å². The van der Waals surface area contributed by atoms with Crippen LogP contribution in [0.25, 0.3) is 0 Å². The third-order valence-corrected chi connectivity index (χ3v) is 4.60. The Bertz CT molecular complexity index is 606. The first-order chi connectivity index (χ1) is 11.6. The SMILES string of the molecule is Cl.OC1CNCC1CNCC(c1ccc(F)cc1)c1ccc(F)cc1. The maximum absolute atomic E-state index is 13.2. The maximum atomic E-state index is 13.2. The normalized spacial score (nSPS) is 19.8. The molecule has 1 saturated heterocycles. The molecular weight excluding hydrogens is 346 g/mol. The Morgan fingerprint density at radius 3 is 1.92 bits per heavy atom. The summed E-state index contributed by atoms with van der Waals surface area (Å²) < 4.78 is 26.4. The van der Waals surface area contributed by atoms with Crippen LogP contribution >= 0.6 is 12.4 Å². The molecule has 0 radical (unpaired) electrons. The molecule has 3 rings (SSSR count). The summed E-state index contributed by atoms with van der Waals surface area (Å²) in [7, 11) is 0. The molecule has 2 aromatic rings. The fourth-order valence-corrected chi connectivity index (χ4v) is 3.16. The summed E-state index contributed by atoms with van der Waals surface area (Å²) in [4.78, 5) is 0. The largest absolute Gasteiger partial charge is 0.391 e. The summed E-state index contributed by atoms with van der Waals surface area (Å²) in [5.74, 6) is -0.362. The lowest BCUT2D eigenvalue weighted by Gasteiger charge is -2.21. The van der Waals surface area contributed by atoms with Gasteiger partial charge < -0.3 is 15.7 Å². The van der Waals surface area contributed by atoms with Crippen molar-refractivity contribution in [2.75, 3.05) is 26.2 Å². The number of rotatable bonds is 6. The number of benzene rings is 2. The van der Waals surface area contributed by atoms with Crippen LogP contribution in [0.2, 0.25) is 0 Å². The van der Waals surface area contributed by atoms with Crippen molar-refractivity contribution in [1.82, 2.24) is 10.6 Å². The summed E-state index contributed by atoms with van der Waals surface area (Å²) in [6, 6.07) is 12.8. The molecule has 1 heterocycles. The lowest BCUT2D eigenvalue weighted by atomic mass is 9.91. The van der Waals surface area contributed by atoms with Crippen LogP contribution in [0.5, 0.6) is 0 Å². The summed E-state index contributed by atoms with van der Waals surface area (Å²) in [6.45, 7) is 2.77. The van der Waals surface area contributed by atoms with E-state index >= 15 is 0 Å². The first-order valence-electron chi connectivity index (χ1n) is 8.24. The molecule has 0 bridgehead atoms. The molecule has 0 aromatic heterocycles. The molecular formula is C19H23ClF2N2O. The standard InChI is InChI=1S/C19H22F2N2O.ClH/c20-16-5-1-13(2-6-16)18(14-3-7-17(21)8-4-14)11-22-9-15-10-23-12-19(15)24;/h1-8,15,18-19,22-24H,9-12H2;1H. The van der Waals surface area contributed by atoms with Crippen molar-refractivity contribution in [1.29, 1.82) is 0 Å². The van der Waals surface area contributed by atoms with Crippen molar-refractivity contribution in [3.8, 4) is 0 Å². The van der Waals surface area contributed by atoms with Crippen molar-refractivity contribution in [2.24, 2.45) is 5.92 Å². The Labute approximate surface area is 152 Å². The highest BCUT2D eigenvalue weighted by Crippen LogP contribution is 2.25. The number of β-amino-alcohol motifs (C(OH)–C–C–N with tert-alkyl or cyclic N) is 1. The molecule has 1 aliphatic rings. The third-order valence-electron chi connectivity index (χ3n) is 4.60. The number of aliphatic hydroxyl groups excluding tert-OH is 1. The van der Waals surface area contributed by atoms with Crippen molar-refractivity contribution in [2.45, 2.75) is 12.0 Å². The van der Waals surface area contributed by atoms with Crippen LogP contribution in [0.1, 0.15) is 17.0 Å². The summed E-state index contributed by atoms with van der Waals surface area (Å²) in [6.07, 6.45) is -0.326. The number of nitrogens with one attached hydrogen (secondary N) is 2. The van der Waals surface area contributed by atoms with E-state index in [2.05, 4.69) is 10.6 Å². The van der Waals surface area contributed by atoms with Gasteiger partial charge >= 0.3 is 0 Å². The van der Waals surface area contributed by atoms with Crippen molar-refractivity contribution < 1.29 is 13.9 Å². The minimum atomic E-state index is -0.326. The van der Waals surface area contributed by atoms with E-state index < -0.39 is 0 Å². The molecule has 2 aromatic carbocycles. The minimum absolute atomic E-state index is 0. The van der Waals surface area contributed by atoms with Crippen LogP contribution in [-0.2, 0) is 0 Å². The second-order valence-electron chi connectivity index (χ2n) is 6.30. The van der Waals surface area contributed by atoms with Gasteiger partial charge in [-0.05, 0) is 35.4 Å². The first kappa shape index (κ1) is 19.8. The predicted octanol–water partition coefficient (Wildman–Crippen LogP) is 2.69. The molecule has 0 amide bonds. The minimum Gasteiger partial charge on any atom is -0.391 e. The van der Waals surface area contributed by atoms with Gasteiger partial charge in [0.25, 0.3) is 0 Å². The van der Waals surface area contributed by atoms with E-state index in [0.717, 1.165) is 17.7 Å². The molecule has 2 atom stereocenters. The monoisotopic (exact) mass is 368 g/mol. The van der Waals surface area contributed by atoms with E-state index in [1.165, 1.54) is 24.3 Å². The lowest BCUT2D eigenvalue weighted by molar-refractivity contribution is 0.146. The van der Waals surface area contributed by atoms with Crippen molar-refractivity contribution in [3.63, 3.8) is 0 Å². The second kappa shape index (κ2) is 9.25. The van der Waals surface area contributed by atoms with E-state index in [4.69, 9.17) is 0 Å². The molecule has 0 spiro atoms. The van der Waals surface area contributed by atoms with Crippen LogP contribution in [-0.4, -0.2) is 37.4 Å². The van der Waals surface area contributed by atoms with Crippen LogP contribution in [0.4, 0.5) is 8.78 Å². The Hall–Kier alpha value is -1.53. The molecule has 3 nitrogen and oxygen atoms in total. The van der Waals surface area contributed by atoms with Gasteiger partial charge in [0.2, 0.25) is 0 Å². The van der Waals surface area contributed by atoms with Crippen LogP contribution in [0, 0.1) is 17.6 Å². The predicted molar refractivity (Wildman–Crippen MR) is 97.1 cm³/mol. The Balaban J connectivity index is 0.00000225. The number of hydrogen-bond donors (Lipinski definition) is 3. The summed E-state index contributed by atoms with van der Waals surface area (Å²) >= 11 is 0. The second-order valence-corrected chi connectivity index (χ2v) is 6.30. The zero-order valence-electron chi connectivity index (χ0n) is 13.8. The quantitative estimate of drug-likeness (QED) is 0.734. The highest BCUT2D eigenvalue weighted by atomic mass is 35.5. The lowest BCUT2D eigenvalue weighted by Crippen LogP contribution is -2.33. The fraction of sp³-hybridized carbons (Fsp3) is 0.368. The Morgan fingerprint density at radius 1 is 0.960 bits per heavy atom. The topological polar surface area (TPSA) is 44.3 Å². The van der Waals surface area contributed by atoms with E-state index in [-0.39, 0.29) is 42.0 Å². The fourth-order valence-electron chi connectivity index (χ4n) is 3.16. The molecule has 3 N–H and O–H groups in total. The zero-order chi connectivity index (χ0) is 16.9. The number of aliphatic hydroxyl groups is 1. The highest BCUT2D eigenvalue weighted by Gasteiger charge is 2.24. The number of halogens is 3. The van der Waals surface area contributed by atoms with E-state index in [1.807, 2.05) is 0 Å². The molecule has 0 saturated carbocycles. The smallest absolute Gasteiger partial charge is 0.123 e. The molecule has 2 unspecified atom stereocenters. The average Bonchev–Trinajstić information content (AvgIpc) is 2.99. The van der Waals surface area contributed by atoms with Gasteiger partial charge in [-0.1, -0.05) is 24.3 Å². The summed E-state index contributed by atoms with van der Waals surface area (Å²) in [5.41, 5.74) is 1.95. The van der Waals surface area contributed by atoms with Gasteiger partial charge in [0.15, 0.2) is 0 Å². The van der Waals surface area contributed by atoms with Gasteiger partial charge in [-0.15, -0.1) is 12.4 Å². The molecule has 1 aliphatic heterocycles. The number of hydrogen-bond acceptors (Lipinski definition) is 3. The van der Waals surface area contributed by atoms with Gasteiger partial charge in [-0.3, -0.25) is 0 Å². The maximum Gasteiger partial charge on any atom is 0.123 e. The Morgan fingerprint density at radius 2 is 1.48 bits per heavy atom. The van der Waals surface area contributed by atoms with Gasteiger partial charge in [-0.25, -0.2) is 8.78 Å². The average molecular weight is 369 g/mol. The highest BCUT2D eigenvalue weighted by molar-refractivity contribution is 5.85. The third kappa shape index (κ3) is 5.22. The summed E-state index contributed by atoms with van der Waals surface area (Å²) in [5, 5.41) is 16.4. The zero-order valence-corrected chi connectivity index (χ0v) is 14.6. The van der Waals surface area contributed by atoms with Crippen LogP contribution in [0.15, 0.2) is 48.5 Å². The first-order valence-corrected chi connectivity index (χ1v) is 8.24. The van der Waals surface area contributed by atoms with E-state index in [0.29, 0.717) is 19.6 Å². The molecule has 1 fully saturated rings. The van der Waals surface area contributed by atoms with Gasteiger partial charge in [-0.2, -0.15) is 0 Å². The van der Waals surface area contributed by atoms with E-state index in [9.17, 15) is 13.9 Å². The van der Waals surface area contributed by atoms with Crippen molar-refractivity contribution in [3.05, 3.63) is 71.3 Å². The Kier molecular flexibility index (Phi) is 7.32. The van der Waals surface area contributed by atoms with Gasteiger partial charge in [0, 0.05) is 38.0 Å². The van der Waals surface area contributed by atoms with Crippen LogP contribution < -0.4 is 10.6 Å².